The van der Waals surface area contributed by atoms with Crippen molar-refractivity contribution >= 4 is 63.7 Å². The molecule has 306 valence electrons. The zero-order valence-corrected chi connectivity index (χ0v) is 33.4. The van der Waals surface area contributed by atoms with E-state index in [1.807, 2.05) is 19.1 Å². The minimum atomic E-state index is -4.80. The molecule has 13 nitrogen and oxygen atoms in total. The van der Waals surface area contributed by atoms with Gasteiger partial charge in [0, 0.05) is 55.7 Å². The quantitative estimate of drug-likeness (QED) is 0.162. The SMILES string of the molecule is CCc1cc(N2C(=S)N(c3ccc(C#N)c(C(F)(F)F)c3)C(=O)C2(C)C)ccc1OCCN1CCN(CC(=O)Nc2cccc(N[C@H]3CCC(=O)NC3=O)c2)[C@H](C)C1. The third kappa shape index (κ3) is 9.09. The molecule has 17 heteroatoms. The number of amides is 4. The van der Waals surface area contributed by atoms with E-state index in [0.29, 0.717) is 55.3 Å². The van der Waals surface area contributed by atoms with Crippen molar-refractivity contribution in [3.63, 3.8) is 0 Å². The van der Waals surface area contributed by atoms with Crippen molar-refractivity contribution < 1.29 is 37.1 Å². The molecular weight excluding hydrogens is 774 g/mol. The molecule has 0 unspecified atom stereocenters. The summed E-state index contributed by atoms with van der Waals surface area (Å²) in [5, 5.41) is 17.7. The molecule has 3 aliphatic heterocycles. The minimum absolute atomic E-state index is 0.0165. The van der Waals surface area contributed by atoms with Crippen LogP contribution in [0.1, 0.15) is 57.2 Å². The van der Waals surface area contributed by atoms with Gasteiger partial charge in [-0.1, -0.05) is 13.0 Å². The Balaban J connectivity index is 1.01. The predicted molar refractivity (Wildman–Crippen MR) is 216 cm³/mol. The summed E-state index contributed by atoms with van der Waals surface area (Å²) in [5.41, 5.74) is -0.279. The zero-order valence-electron chi connectivity index (χ0n) is 32.6. The van der Waals surface area contributed by atoms with Crippen LogP contribution in [0.25, 0.3) is 0 Å². The van der Waals surface area contributed by atoms with Gasteiger partial charge in [-0.05, 0) is 106 Å². The van der Waals surface area contributed by atoms with Gasteiger partial charge in [0.25, 0.3) is 5.91 Å². The maximum Gasteiger partial charge on any atom is 0.417 e. The van der Waals surface area contributed by atoms with E-state index in [0.717, 1.165) is 35.7 Å². The van der Waals surface area contributed by atoms with Crippen LogP contribution in [-0.2, 0) is 31.8 Å². The van der Waals surface area contributed by atoms with Crippen LogP contribution in [-0.4, -0.2) is 95.5 Å². The van der Waals surface area contributed by atoms with Crippen molar-refractivity contribution in [2.45, 2.75) is 70.8 Å². The summed E-state index contributed by atoms with van der Waals surface area (Å²) in [6, 6.07) is 16.8. The van der Waals surface area contributed by atoms with Crippen LogP contribution in [0.2, 0.25) is 0 Å². The average molecular weight is 819 g/mol. The molecule has 0 aromatic heterocycles. The molecule has 58 heavy (non-hydrogen) atoms. The topological polar surface area (TPSA) is 150 Å². The first-order valence-electron chi connectivity index (χ1n) is 19.0. The number of alkyl halides is 3. The first-order valence-corrected chi connectivity index (χ1v) is 19.4. The fourth-order valence-electron chi connectivity index (χ4n) is 7.48. The van der Waals surface area contributed by atoms with Crippen molar-refractivity contribution in [2.75, 3.05) is 59.8 Å². The number of nitriles is 1. The monoisotopic (exact) mass is 818 g/mol. The van der Waals surface area contributed by atoms with Gasteiger partial charge in [-0.3, -0.25) is 39.2 Å². The molecule has 0 bridgehead atoms. The third-order valence-corrected chi connectivity index (χ3v) is 11.0. The number of carbonyl (C=O) groups is 4. The van der Waals surface area contributed by atoms with Crippen molar-refractivity contribution in [3.05, 3.63) is 77.4 Å². The average Bonchev–Trinajstić information content (AvgIpc) is 3.35. The van der Waals surface area contributed by atoms with Crippen molar-refractivity contribution in [1.29, 1.82) is 5.26 Å². The number of piperazine rings is 1. The number of hydrogen-bond acceptors (Lipinski definition) is 10. The van der Waals surface area contributed by atoms with Crippen LogP contribution in [0.4, 0.5) is 35.9 Å². The van der Waals surface area contributed by atoms with Gasteiger partial charge in [-0.2, -0.15) is 18.4 Å². The standard InChI is InChI=1S/C41H45F3N8O5S/c1-5-26-19-31(52-39(58)51(38(56)40(52,3)4)30-10-9-27(22-45)32(21-30)41(42,43)44)11-13-34(26)57-18-17-49-15-16-50(25(2)23-49)24-36(54)47-29-8-6-7-28(20-29)46-33-12-14-35(53)48-37(33)55/h6-11,13,19-21,25,33,46H,5,12,14-18,23-24H2,1-4H3,(H,47,54)(H,48,53,55)/t25-,33+/m1/s1. The summed E-state index contributed by atoms with van der Waals surface area (Å²) in [7, 11) is 0. The lowest BCUT2D eigenvalue weighted by atomic mass is 10.0. The normalized spacial score (nSPS) is 20.2. The Labute approximate surface area is 340 Å². The van der Waals surface area contributed by atoms with Gasteiger partial charge in [0.05, 0.1) is 29.4 Å². The highest BCUT2D eigenvalue weighted by molar-refractivity contribution is 7.81. The number of thiocarbonyl (C=S) groups is 1. The largest absolute Gasteiger partial charge is 0.492 e. The van der Waals surface area contributed by atoms with Crippen LogP contribution >= 0.6 is 12.2 Å². The van der Waals surface area contributed by atoms with E-state index < -0.39 is 34.8 Å². The molecule has 4 amide bonds. The van der Waals surface area contributed by atoms with E-state index in [2.05, 4.69) is 32.7 Å². The highest BCUT2D eigenvalue weighted by Crippen LogP contribution is 2.40. The fraction of sp³-hybridized carbons (Fsp3) is 0.415. The van der Waals surface area contributed by atoms with Crippen LogP contribution in [0.15, 0.2) is 60.7 Å². The fourth-order valence-corrected chi connectivity index (χ4v) is 8.00. The lowest BCUT2D eigenvalue weighted by molar-refractivity contribution is -0.138. The van der Waals surface area contributed by atoms with E-state index in [-0.39, 0.29) is 47.5 Å². The summed E-state index contributed by atoms with van der Waals surface area (Å²) < 4.78 is 47.6. The number of nitrogens with zero attached hydrogens (tertiary/aromatic N) is 5. The summed E-state index contributed by atoms with van der Waals surface area (Å²) in [6.45, 7) is 10.8. The molecule has 3 aliphatic rings. The minimum Gasteiger partial charge on any atom is -0.492 e. The van der Waals surface area contributed by atoms with Crippen LogP contribution in [0.5, 0.6) is 5.75 Å². The Kier molecular flexibility index (Phi) is 12.4. The molecular formula is C41H45F3N8O5S. The van der Waals surface area contributed by atoms with Crippen LogP contribution in [0.3, 0.4) is 0 Å². The smallest absolute Gasteiger partial charge is 0.417 e. The van der Waals surface area contributed by atoms with Gasteiger partial charge in [0.1, 0.15) is 23.9 Å². The molecule has 3 aromatic carbocycles. The van der Waals surface area contributed by atoms with Crippen LogP contribution < -0.4 is 30.5 Å². The number of hydrogen-bond donors (Lipinski definition) is 3. The molecule has 3 saturated heterocycles. The van der Waals surface area contributed by atoms with E-state index in [1.165, 1.54) is 6.07 Å². The molecule has 3 N–H and O–H groups in total. The molecule has 0 aliphatic carbocycles. The number of piperidine rings is 1. The Bertz CT molecular complexity index is 2160. The molecule has 0 saturated carbocycles. The maximum absolute atomic E-state index is 13.8. The number of aryl methyl sites for hydroxylation is 1. The first kappa shape index (κ1) is 42.0. The Morgan fingerprint density at radius 2 is 1.79 bits per heavy atom. The Morgan fingerprint density at radius 3 is 2.48 bits per heavy atom. The van der Waals surface area contributed by atoms with E-state index in [1.54, 1.807) is 55.1 Å². The molecule has 3 heterocycles. The van der Waals surface area contributed by atoms with Gasteiger partial charge in [0.15, 0.2) is 5.11 Å². The number of nitrogens with one attached hydrogen (secondary N) is 3. The van der Waals surface area contributed by atoms with Gasteiger partial charge < -0.3 is 20.3 Å². The molecule has 0 radical (unpaired) electrons. The second-order valence-electron chi connectivity index (χ2n) is 15.0. The Hall–Kier alpha value is -5.57. The summed E-state index contributed by atoms with van der Waals surface area (Å²) in [5.74, 6) is -0.647. The zero-order chi connectivity index (χ0) is 41.9. The third-order valence-electron chi connectivity index (χ3n) is 10.6. The number of anilines is 4. The van der Waals surface area contributed by atoms with Gasteiger partial charge in [-0.25, -0.2) is 0 Å². The van der Waals surface area contributed by atoms with Gasteiger partial charge >= 0.3 is 6.18 Å². The predicted octanol–water partition coefficient (Wildman–Crippen LogP) is 5.30. The van der Waals surface area contributed by atoms with Crippen molar-refractivity contribution in [2.24, 2.45) is 0 Å². The summed E-state index contributed by atoms with van der Waals surface area (Å²) in [6.07, 6.45) is -3.53. The lowest BCUT2D eigenvalue weighted by Gasteiger charge is -2.39. The van der Waals surface area contributed by atoms with Crippen molar-refractivity contribution in [3.8, 4) is 11.8 Å². The molecule has 0 spiro atoms. The number of halogens is 3. The van der Waals surface area contributed by atoms with Crippen LogP contribution in [0, 0.1) is 11.3 Å². The molecule has 6 rings (SSSR count). The second kappa shape index (κ2) is 17.1. The van der Waals surface area contributed by atoms with E-state index in [9.17, 15) is 37.6 Å². The summed E-state index contributed by atoms with van der Waals surface area (Å²) in [4.78, 5) is 57.4. The number of rotatable bonds is 12. The molecule has 3 aromatic rings. The van der Waals surface area contributed by atoms with Gasteiger partial charge in [-0.15, -0.1) is 0 Å². The molecule has 2 atom stereocenters. The number of benzene rings is 3. The van der Waals surface area contributed by atoms with E-state index in [4.69, 9.17) is 17.0 Å². The number of carbonyl (C=O) groups excluding carboxylic acids is 4. The number of ether oxygens (including phenoxy) is 1. The highest BCUT2D eigenvalue weighted by Gasteiger charge is 2.51. The highest BCUT2D eigenvalue weighted by atomic mass is 32.1. The number of imide groups is 1. The lowest BCUT2D eigenvalue weighted by Crippen LogP contribution is -2.54. The maximum atomic E-state index is 13.8. The van der Waals surface area contributed by atoms with E-state index >= 15 is 0 Å². The van der Waals surface area contributed by atoms with Crippen molar-refractivity contribution in [1.82, 2.24) is 15.1 Å². The first-order chi connectivity index (χ1) is 27.5. The second-order valence-corrected chi connectivity index (χ2v) is 15.4. The molecule has 3 fully saturated rings. The Morgan fingerprint density at radius 1 is 1.05 bits per heavy atom. The van der Waals surface area contributed by atoms with Gasteiger partial charge in [0.2, 0.25) is 17.7 Å². The summed E-state index contributed by atoms with van der Waals surface area (Å²) >= 11 is 5.71.